The molecule has 0 bridgehead atoms. The molecule has 2 unspecified atom stereocenters. The van der Waals surface area contributed by atoms with Crippen molar-refractivity contribution in [3.8, 4) is 0 Å². The van der Waals surface area contributed by atoms with Crippen molar-refractivity contribution in [2.75, 3.05) is 6.54 Å². The van der Waals surface area contributed by atoms with Gasteiger partial charge in [-0.1, -0.05) is 29.3 Å². The number of likely N-dealkylation sites (tertiary alicyclic amines) is 1. The van der Waals surface area contributed by atoms with Crippen molar-refractivity contribution < 1.29 is 14.4 Å². The maximum absolute atomic E-state index is 12.3. The van der Waals surface area contributed by atoms with Gasteiger partial charge in [-0.3, -0.25) is 14.4 Å². The Kier molecular flexibility index (Phi) is 6.47. The molecule has 1 saturated heterocycles. The SMILES string of the molecule is CC(CCc1ccc(Cl)c(Cl)c1)NC(=O)C1CN(C(C)C)C(=O)C1=O. The Morgan fingerprint density at radius 2 is 1.92 bits per heavy atom. The van der Waals surface area contributed by atoms with Crippen LogP contribution in [-0.4, -0.2) is 41.1 Å². The highest BCUT2D eigenvalue weighted by Gasteiger charge is 2.44. The van der Waals surface area contributed by atoms with E-state index in [1.165, 1.54) is 4.90 Å². The van der Waals surface area contributed by atoms with Crippen molar-refractivity contribution in [1.82, 2.24) is 10.2 Å². The van der Waals surface area contributed by atoms with Crippen LogP contribution in [0.5, 0.6) is 0 Å². The van der Waals surface area contributed by atoms with E-state index in [1.54, 1.807) is 12.1 Å². The van der Waals surface area contributed by atoms with Crippen molar-refractivity contribution in [2.45, 2.75) is 45.7 Å². The van der Waals surface area contributed by atoms with Crippen LogP contribution in [0.1, 0.15) is 32.8 Å². The summed E-state index contributed by atoms with van der Waals surface area (Å²) in [6.07, 6.45) is 1.40. The van der Waals surface area contributed by atoms with Gasteiger partial charge in [-0.2, -0.15) is 0 Å². The van der Waals surface area contributed by atoms with E-state index in [9.17, 15) is 14.4 Å². The molecule has 1 aromatic rings. The molecule has 25 heavy (non-hydrogen) atoms. The molecular formula is C18H22Cl2N2O3. The quantitative estimate of drug-likeness (QED) is 0.605. The van der Waals surface area contributed by atoms with Gasteiger partial charge >= 0.3 is 0 Å². The summed E-state index contributed by atoms with van der Waals surface area (Å²) in [7, 11) is 0. The van der Waals surface area contributed by atoms with E-state index in [2.05, 4.69) is 5.32 Å². The molecule has 2 rings (SSSR count). The molecule has 0 radical (unpaired) electrons. The lowest BCUT2D eigenvalue weighted by atomic mass is 10.0. The van der Waals surface area contributed by atoms with Crippen molar-refractivity contribution in [3.05, 3.63) is 33.8 Å². The summed E-state index contributed by atoms with van der Waals surface area (Å²) in [6, 6.07) is 5.21. The van der Waals surface area contributed by atoms with E-state index in [0.29, 0.717) is 22.9 Å². The van der Waals surface area contributed by atoms with E-state index in [0.717, 1.165) is 5.56 Å². The number of carbonyl (C=O) groups is 3. The van der Waals surface area contributed by atoms with Crippen LogP contribution < -0.4 is 5.32 Å². The maximum Gasteiger partial charge on any atom is 0.291 e. The Morgan fingerprint density at radius 1 is 1.24 bits per heavy atom. The summed E-state index contributed by atoms with van der Waals surface area (Å²) >= 11 is 11.9. The Hall–Kier alpha value is -1.59. The number of nitrogens with zero attached hydrogens (tertiary/aromatic N) is 1. The molecule has 2 atom stereocenters. The summed E-state index contributed by atoms with van der Waals surface area (Å²) in [6.45, 7) is 5.67. The first-order valence-electron chi connectivity index (χ1n) is 8.29. The van der Waals surface area contributed by atoms with Gasteiger partial charge in [0.05, 0.1) is 10.0 Å². The van der Waals surface area contributed by atoms with Crippen LogP contribution in [-0.2, 0) is 20.8 Å². The zero-order valence-corrected chi connectivity index (χ0v) is 16.0. The molecule has 0 spiro atoms. The first-order valence-corrected chi connectivity index (χ1v) is 9.05. The number of ketones is 1. The predicted molar refractivity (Wildman–Crippen MR) is 97.7 cm³/mol. The van der Waals surface area contributed by atoms with Crippen LogP contribution >= 0.6 is 23.2 Å². The Labute approximate surface area is 157 Å². The van der Waals surface area contributed by atoms with Crippen LogP contribution in [0.2, 0.25) is 10.0 Å². The molecule has 0 saturated carbocycles. The minimum atomic E-state index is -0.915. The van der Waals surface area contributed by atoms with Crippen molar-refractivity contribution in [2.24, 2.45) is 5.92 Å². The van der Waals surface area contributed by atoms with Crippen LogP contribution in [0.25, 0.3) is 0 Å². The average molecular weight is 385 g/mol. The highest BCUT2D eigenvalue weighted by atomic mass is 35.5. The Balaban J connectivity index is 1.88. The van der Waals surface area contributed by atoms with Crippen LogP contribution in [0.4, 0.5) is 0 Å². The lowest BCUT2D eigenvalue weighted by Crippen LogP contribution is -2.40. The molecule has 136 valence electrons. The summed E-state index contributed by atoms with van der Waals surface area (Å²) < 4.78 is 0. The van der Waals surface area contributed by atoms with Crippen molar-refractivity contribution >= 4 is 40.8 Å². The van der Waals surface area contributed by atoms with Gasteiger partial charge in [-0.05, 0) is 51.3 Å². The summed E-state index contributed by atoms with van der Waals surface area (Å²) in [5.41, 5.74) is 1.02. The second kappa shape index (κ2) is 8.19. The van der Waals surface area contributed by atoms with Crippen LogP contribution in [0, 0.1) is 5.92 Å². The van der Waals surface area contributed by atoms with E-state index in [-0.39, 0.29) is 24.5 Å². The number of carbonyl (C=O) groups excluding carboxylic acids is 3. The summed E-state index contributed by atoms with van der Waals surface area (Å²) in [4.78, 5) is 37.7. The van der Waals surface area contributed by atoms with E-state index in [4.69, 9.17) is 23.2 Å². The number of hydrogen-bond acceptors (Lipinski definition) is 3. The fourth-order valence-electron chi connectivity index (χ4n) is 2.79. The topological polar surface area (TPSA) is 66.5 Å². The molecule has 1 aliphatic rings. The van der Waals surface area contributed by atoms with Gasteiger partial charge in [0.1, 0.15) is 5.92 Å². The Bertz CT molecular complexity index is 691. The third-order valence-electron chi connectivity index (χ3n) is 4.35. The molecule has 5 nitrogen and oxygen atoms in total. The second-order valence-corrected chi connectivity index (χ2v) is 7.48. The average Bonchev–Trinajstić information content (AvgIpc) is 2.84. The number of aryl methyl sites for hydroxylation is 1. The number of halogens is 2. The van der Waals surface area contributed by atoms with Crippen LogP contribution in [0.15, 0.2) is 18.2 Å². The van der Waals surface area contributed by atoms with E-state index >= 15 is 0 Å². The van der Waals surface area contributed by atoms with Gasteiger partial charge in [-0.25, -0.2) is 0 Å². The fraction of sp³-hybridized carbons (Fsp3) is 0.500. The zero-order valence-electron chi connectivity index (χ0n) is 14.5. The van der Waals surface area contributed by atoms with Gasteiger partial charge in [0.15, 0.2) is 0 Å². The molecule has 1 heterocycles. The number of amides is 2. The third kappa shape index (κ3) is 4.73. The minimum absolute atomic E-state index is 0.0960. The largest absolute Gasteiger partial charge is 0.353 e. The smallest absolute Gasteiger partial charge is 0.291 e. The first kappa shape index (κ1) is 19.7. The predicted octanol–water partition coefficient (Wildman–Crippen LogP) is 2.87. The lowest BCUT2D eigenvalue weighted by molar-refractivity contribution is -0.143. The zero-order chi connectivity index (χ0) is 18.7. The number of hydrogen-bond donors (Lipinski definition) is 1. The van der Waals surface area contributed by atoms with Crippen LogP contribution in [0.3, 0.4) is 0 Å². The molecule has 1 fully saturated rings. The number of Topliss-reactive ketones (excluding diaryl/α,β-unsaturated/α-hetero) is 1. The summed E-state index contributed by atoms with van der Waals surface area (Å²) in [5.74, 6) is -2.49. The van der Waals surface area contributed by atoms with E-state index < -0.39 is 17.6 Å². The maximum atomic E-state index is 12.3. The lowest BCUT2D eigenvalue weighted by Gasteiger charge is -2.20. The molecule has 1 aromatic carbocycles. The Morgan fingerprint density at radius 3 is 2.48 bits per heavy atom. The number of nitrogens with one attached hydrogen (secondary N) is 1. The van der Waals surface area contributed by atoms with Gasteiger partial charge in [-0.15, -0.1) is 0 Å². The van der Waals surface area contributed by atoms with Gasteiger partial charge in [0.2, 0.25) is 11.7 Å². The normalized spacial score (nSPS) is 18.8. The third-order valence-corrected chi connectivity index (χ3v) is 5.08. The molecule has 1 N–H and O–H groups in total. The van der Waals surface area contributed by atoms with E-state index in [1.807, 2.05) is 26.8 Å². The highest BCUT2D eigenvalue weighted by molar-refractivity contribution is 6.42. The standard InChI is InChI=1S/C18H22Cl2N2O3/c1-10(2)22-9-13(16(23)18(22)25)17(24)21-11(3)4-5-12-6-7-14(19)15(20)8-12/h6-8,10-11,13H,4-5,9H2,1-3H3,(H,21,24). The molecule has 1 aliphatic heterocycles. The number of benzene rings is 1. The first-order chi connectivity index (χ1) is 11.7. The van der Waals surface area contributed by atoms with Crippen molar-refractivity contribution in [3.63, 3.8) is 0 Å². The minimum Gasteiger partial charge on any atom is -0.353 e. The molecule has 7 heteroatoms. The summed E-state index contributed by atoms with van der Waals surface area (Å²) in [5, 5.41) is 3.84. The molecule has 2 amide bonds. The number of rotatable bonds is 6. The molecule has 0 aromatic heterocycles. The second-order valence-electron chi connectivity index (χ2n) is 6.66. The monoisotopic (exact) mass is 384 g/mol. The van der Waals surface area contributed by atoms with Gasteiger partial charge in [0, 0.05) is 18.6 Å². The fourth-order valence-corrected chi connectivity index (χ4v) is 3.12. The molecular weight excluding hydrogens is 363 g/mol. The highest BCUT2D eigenvalue weighted by Crippen LogP contribution is 2.23. The van der Waals surface area contributed by atoms with Gasteiger partial charge < -0.3 is 10.2 Å². The van der Waals surface area contributed by atoms with Gasteiger partial charge in [0.25, 0.3) is 5.91 Å². The van der Waals surface area contributed by atoms with Crippen molar-refractivity contribution in [1.29, 1.82) is 0 Å². The molecule has 0 aliphatic carbocycles.